The van der Waals surface area contributed by atoms with Crippen molar-refractivity contribution < 1.29 is 4.84 Å². The molecule has 0 bridgehead atoms. The molecule has 206 valence electrons. The molecule has 0 rings (SSSR count). The van der Waals surface area contributed by atoms with Gasteiger partial charge in [-0.3, -0.25) is 0 Å². The van der Waals surface area contributed by atoms with E-state index in [0.717, 1.165) is 84.9 Å². The van der Waals surface area contributed by atoms with Crippen molar-refractivity contribution in [3.8, 4) is 0 Å². The summed E-state index contributed by atoms with van der Waals surface area (Å²) in [6.45, 7) is 13.5. The molecule has 0 saturated carbocycles. The van der Waals surface area contributed by atoms with Gasteiger partial charge in [-0.15, -0.1) is 0 Å². The maximum absolute atomic E-state index is 5.54. The Morgan fingerprint density at radius 1 is 0.441 bits per heavy atom. The molecule has 7 nitrogen and oxygen atoms in total. The lowest BCUT2D eigenvalue weighted by Gasteiger charge is -2.08. The zero-order valence-electron chi connectivity index (χ0n) is 22.9. The van der Waals surface area contributed by atoms with Crippen molar-refractivity contribution in [1.82, 2.24) is 26.7 Å². The van der Waals surface area contributed by atoms with Gasteiger partial charge in [-0.05, 0) is 97.4 Å². The Labute approximate surface area is 212 Å². The van der Waals surface area contributed by atoms with E-state index in [1.165, 1.54) is 83.5 Å². The second-order valence-electron chi connectivity index (χ2n) is 9.48. The quantitative estimate of drug-likeness (QED) is 0.0657. The summed E-state index contributed by atoms with van der Waals surface area (Å²) in [5, 5.41) is 14.0. The number of nitrogens with one attached hydrogen (secondary N) is 5. The van der Waals surface area contributed by atoms with Gasteiger partial charge in [-0.2, -0.15) is 0 Å². The van der Waals surface area contributed by atoms with Crippen molar-refractivity contribution >= 4 is 0 Å². The zero-order chi connectivity index (χ0) is 24.6. The molecule has 0 aliphatic heterocycles. The summed E-state index contributed by atoms with van der Waals surface area (Å²) in [6, 6.07) is 0. The maximum atomic E-state index is 5.54. The molecule has 0 saturated heterocycles. The minimum absolute atomic E-state index is 0.779. The fraction of sp³-hybridized carbons (Fsp3) is 1.00. The molecule has 34 heavy (non-hydrogen) atoms. The topological polar surface area (TPSA) is 95.4 Å². The summed E-state index contributed by atoms with van der Waals surface area (Å²) in [5.41, 5.74) is 8.58. The van der Waals surface area contributed by atoms with Crippen LogP contribution in [0.2, 0.25) is 0 Å². The van der Waals surface area contributed by atoms with Crippen molar-refractivity contribution in [2.24, 2.45) is 5.73 Å². The highest BCUT2D eigenvalue weighted by atomic mass is 16.6. The number of hydrogen-bond donors (Lipinski definition) is 6. The van der Waals surface area contributed by atoms with Crippen molar-refractivity contribution in [1.29, 1.82) is 0 Å². The van der Waals surface area contributed by atoms with Gasteiger partial charge in [0, 0.05) is 6.54 Å². The lowest BCUT2D eigenvalue weighted by Crippen LogP contribution is -2.27. The van der Waals surface area contributed by atoms with Gasteiger partial charge < -0.3 is 31.8 Å². The highest BCUT2D eigenvalue weighted by Crippen LogP contribution is 2.10. The molecule has 0 aromatic rings. The van der Waals surface area contributed by atoms with Crippen LogP contribution in [0.15, 0.2) is 0 Å². The van der Waals surface area contributed by atoms with Crippen molar-refractivity contribution in [3.05, 3.63) is 0 Å². The van der Waals surface area contributed by atoms with Crippen LogP contribution in [0, 0.1) is 0 Å². The van der Waals surface area contributed by atoms with Gasteiger partial charge in [0.1, 0.15) is 0 Å². The minimum atomic E-state index is 0.779. The Morgan fingerprint density at radius 2 is 0.824 bits per heavy atom. The van der Waals surface area contributed by atoms with Crippen molar-refractivity contribution in [3.63, 3.8) is 0 Å². The third-order valence-corrected chi connectivity index (χ3v) is 6.01. The number of nitrogens with two attached hydrogens (primary N) is 1. The van der Waals surface area contributed by atoms with E-state index in [4.69, 9.17) is 10.6 Å². The number of hydrogen-bond acceptors (Lipinski definition) is 7. The monoisotopic (exact) mass is 486 g/mol. The SMILES string of the molecule is CCCCCCCCCCCCONCCCNCCCNCCCNCCCNCCCN. The summed E-state index contributed by atoms with van der Waals surface area (Å²) in [4.78, 5) is 5.54. The minimum Gasteiger partial charge on any atom is -0.330 e. The second-order valence-corrected chi connectivity index (χ2v) is 9.48. The van der Waals surface area contributed by atoms with E-state index in [2.05, 4.69) is 33.7 Å². The van der Waals surface area contributed by atoms with Crippen LogP contribution in [-0.4, -0.2) is 72.1 Å². The standard InChI is InChI=1S/C27H62N6O/c1-2-3-4-5-6-7-8-9-10-11-27-34-33-26-16-25-32-24-15-23-31-22-14-21-30-20-13-19-29-18-12-17-28/h29-33H,2-28H2,1H3. The van der Waals surface area contributed by atoms with Crippen LogP contribution in [0.4, 0.5) is 0 Å². The number of unbranched alkanes of at least 4 members (excludes halogenated alkanes) is 9. The predicted octanol–water partition coefficient (Wildman–Crippen LogP) is 3.70. The van der Waals surface area contributed by atoms with Crippen LogP contribution in [0.1, 0.15) is 103 Å². The molecule has 0 heterocycles. The van der Waals surface area contributed by atoms with Gasteiger partial charge in [-0.1, -0.05) is 64.7 Å². The number of hydroxylamine groups is 1. The van der Waals surface area contributed by atoms with Crippen LogP contribution < -0.4 is 32.5 Å². The fourth-order valence-corrected chi connectivity index (χ4v) is 3.83. The van der Waals surface area contributed by atoms with Gasteiger partial charge in [0.15, 0.2) is 0 Å². The van der Waals surface area contributed by atoms with Gasteiger partial charge in [0.05, 0.1) is 6.61 Å². The summed E-state index contributed by atoms with van der Waals surface area (Å²) in [5.74, 6) is 0. The van der Waals surface area contributed by atoms with Gasteiger partial charge in [-0.25, -0.2) is 5.48 Å². The fourth-order valence-electron chi connectivity index (χ4n) is 3.83. The van der Waals surface area contributed by atoms with Gasteiger partial charge in [0.25, 0.3) is 0 Å². The Hall–Kier alpha value is -0.280. The molecule has 0 radical (unpaired) electrons. The Kier molecular flexibility index (Phi) is 32.5. The molecule has 7 heteroatoms. The van der Waals surface area contributed by atoms with Crippen LogP contribution >= 0.6 is 0 Å². The molecule has 7 N–H and O–H groups in total. The first-order valence-corrected chi connectivity index (χ1v) is 14.8. The normalized spacial score (nSPS) is 11.5. The Balaban J connectivity index is 2.99. The average molecular weight is 487 g/mol. The average Bonchev–Trinajstić information content (AvgIpc) is 2.85. The molecule has 0 atom stereocenters. The molecule has 0 aliphatic carbocycles. The third-order valence-electron chi connectivity index (χ3n) is 6.01. The first-order valence-electron chi connectivity index (χ1n) is 14.8. The van der Waals surface area contributed by atoms with Gasteiger partial charge in [0.2, 0.25) is 0 Å². The van der Waals surface area contributed by atoms with E-state index >= 15 is 0 Å². The lowest BCUT2D eigenvalue weighted by atomic mass is 10.1. The molecular formula is C27H62N6O. The summed E-state index contributed by atoms with van der Waals surface area (Å²) >= 11 is 0. The Bertz CT molecular complexity index is 317. The smallest absolute Gasteiger partial charge is 0.0682 e. The molecular weight excluding hydrogens is 424 g/mol. The van der Waals surface area contributed by atoms with Crippen LogP contribution in [0.5, 0.6) is 0 Å². The molecule has 0 amide bonds. The summed E-state index contributed by atoms with van der Waals surface area (Å²) in [7, 11) is 0. The second kappa shape index (κ2) is 32.7. The predicted molar refractivity (Wildman–Crippen MR) is 149 cm³/mol. The highest BCUT2D eigenvalue weighted by molar-refractivity contribution is 4.56. The van der Waals surface area contributed by atoms with E-state index in [1.807, 2.05) is 0 Å². The van der Waals surface area contributed by atoms with E-state index < -0.39 is 0 Å². The molecule has 0 spiro atoms. The maximum Gasteiger partial charge on any atom is 0.0682 e. The molecule has 0 aromatic carbocycles. The first kappa shape index (κ1) is 33.7. The molecule has 0 fully saturated rings. The van der Waals surface area contributed by atoms with E-state index in [0.29, 0.717) is 0 Å². The highest BCUT2D eigenvalue weighted by Gasteiger charge is 1.95. The van der Waals surface area contributed by atoms with Crippen LogP contribution in [0.25, 0.3) is 0 Å². The van der Waals surface area contributed by atoms with E-state index in [-0.39, 0.29) is 0 Å². The summed E-state index contributed by atoms with van der Waals surface area (Å²) < 4.78 is 0. The molecule has 0 aromatic heterocycles. The van der Waals surface area contributed by atoms with Crippen LogP contribution in [-0.2, 0) is 4.84 Å². The van der Waals surface area contributed by atoms with Crippen molar-refractivity contribution in [2.45, 2.75) is 103 Å². The van der Waals surface area contributed by atoms with Crippen LogP contribution in [0.3, 0.4) is 0 Å². The van der Waals surface area contributed by atoms with E-state index in [1.54, 1.807) is 0 Å². The Morgan fingerprint density at radius 3 is 1.26 bits per heavy atom. The van der Waals surface area contributed by atoms with Gasteiger partial charge >= 0.3 is 0 Å². The molecule has 0 unspecified atom stereocenters. The number of rotatable bonds is 31. The summed E-state index contributed by atoms with van der Waals surface area (Å²) in [6.07, 6.45) is 19.4. The molecule has 0 aliphatic rings. The lowest BCUT2D eigenvalue weighted by molar-refractivity contribution is 0.0381. The third kappa shape index (κ3) is 31.7. The zero-order valence-corrected chi connectivity index (χ0v) is 22.9. The first-order chi connectivity index (χ1) is 16.9. The van der Waals surface area contributed by atoms with Crippen molar-refractivity contribution in [2.75, 3.05) is 72.1 Å². The largest absolute Gasteiger partial charge is 0.330 e. The van der Waals surface area contributed by atoms with E-state index in [9.17, 15) is 0 Å².